The van der Waals surface area contributed by atoms with E-state index in [9.17, 15) is 0 Å². The average Bonchev–Trinajstić information content (AvgIpc) is 2.85. The maximum absolute atomic E-state index is 6.28. The van der Waals surface area contributed by atoms with Crippen molar-refractivity contribution in [2.24, 2.45) is 5.73 Å². The Balaban J connectivity index is 2.29. The van der Waals surface area contributed by atoms with Gasteiger partial charge in [0.2, 0.25) is 0 Å². The predicted molar refractivity (Wildman–Crippen MR) is 69.5 cm³/mol. The number of hydroxylamine groups is 2. The Morgan fingerprint density at radius 3 is 2.76 bits per heavy atom. The van der Waals surface area contributed by atoms with Crippen LogP contribution in [0.25, 0.3) is 0 Å². The molecule has 0 amide bonds. The van der Waals surface area contributed by atoms with Gasteiger partial charge < -0.3 is 5.73 Å². The summed E-state index contributed by atoms with van der Waals surface area (Å²) in [6.45, 7) is 6.07. The second kappa shape index (κ2) is 5.63. The van der Waals surface area contributed by atoms with Gasteiger partial charge in [0, 0.05) is 12.6 Å². The fourth-order valence-corrected chi connectivity index (χ4v) is 2.43. The third-order valence-electron chi connectivity index (χ3n) is 3.47. The van der Waals surface area contributed by atoms with Gasteiger partial charge in [0.1, 0.15) is 0 Å². The van der Waals surface area contributed by atoms with Crippen molar-refractivity contribution in [2.75, 3.05) is 13.2 Å². The molecule has 3 heteroatoms. The molecule has 2 unspecified atom stereocenters. The number of rotatable bonds is 4. The van der Waals surface area contributed by atoms with E-state index in [0.29, 0.717) is 0 Å². The Bertz CT molecular complexity index is 361. The summed E-state index contributed by atoms with van der Waals surface area (Å²) in [4.78, 5) is 5.70. The molecule has 0 saturated carbocycles. The van der Waals surface area contributed by atoms with Crippen molar-refractivity contribution in [3.63, 3.8) is 0 Å². The van der Waals surface area contributed by atoms with E-state index < -0.39 is 0 Å². The van der Waals surface area contributed by atoms with Crippen LogP contribution in [0.3, 0.4) is 0 Å². The summed E-state index contributed by atoms with van der Waals surface area (Å²) in [5, 5.41) is 2.07. The minimum Gasteiger partial charge on any atom is -0.326 e. The summed E-state index contributed by atoms with van der Waals surface area (Å²) in [5.74, 6) is 0. The number of benzene rings is 1. The average molecular weight is 234 g/mol. The maximum Gasteiger partial charge on any atom is 0.0755 e. The van der Waals surface area contributed by atoms with Gasteiger partial charge in [-0.05, 0) is 30.9 Å². The van der Waals surface area contributed by atoms with Crippen LogP contribution in [0.15, 0.2) is 24.3 Å². The Labute approximate surface area is 104 Å². The summed E-state index contributed by atoms with van der Waals surface area (Å²) in [6.07, 6.45) is 2.05. The smallest absolute Gasteiger partial charge is 0.0755 e. The molecule has 94 valence electrons. The van der Waals surface area contributed by atoms with Gasteiger partial charge in [-0.3, -0.25) is 4.84 Å². The zero-order valence-electron chi connectivity index (χ0n) is 10.7. The summed E-state index contributed by atoms with van der Waals surface area (Å²) in [6, 6.07) is 8.75. The molecule has 1 fully saturated rings. The van der Waals surface area contributed by atoms with Gasteiger partial charge in [-0.1, -0.05) is 31.2 Å². The molecule has 0 spiro atoms. The molecule has 2 rings (SSSR count). The first-order chi connectivity index (χ1) is 8.24. The first-order valence-corrected chi connectivity index (χ1v) is 6.44. The molecule has 2 atom stereocenters. The van der Waals surface area contributed by atoms with Crippen LogP contribution in [-0.4, -0.2) is 24.3 Å². The number of hydrogen-bond donors (Lipinski definition) is 1. The minimum atomic E-state index is 0.120. The van der Waals surface area contributed by atoms with E-state index in [0.717, 1.165) is 26.0 Å². The molecule has 0 bridgehead atoms. The largest absolute Gasteiger partial charge is 0.326 e. The number of aryl methyl sites for hydroxylation is 1. The lowest BCUT2D eigenvalue weighted by atomic mass is 9.94. The van der Waals surface area contributed by atoms with Crippen LogP contribution >= 0.6 is 0 Å². The fourth-order valence-electron chi connectivity index (χ4n) is 2.43. The van der Waals surface area contributed by atoms with Crippen LogP contribution in [-0.2, 0) is 4.84 Å². The zero-order chi connectivity index (χ0) is 12.3. The highest BCUT2D eigenvalue weighted by Gasteiger charge is 2.29. The van der Waals surface area contributed by atoms with Crippen LogP contribution in [0, 0.1) is 6.92 Å². The summed E-state index contributed by atoms with van der Waals surface area (Å²) >= 11 is 0. The lowest BCUT2D eigenvalue weighted by Gasteiger charge is -2.32. The van der Waals surface area contributed by atoms with E-state index in [-0.39, 0.29) is 12.1 Å². The SMILES string of the molecule is CCC(N)C(c1ccccc1C)N1CCCO1. The topological polar surface area (TPSA) is 38.5 Å². The number of hydrogen-bond acceptors (Lipinski definition) is 3. The van der Waals surface area contributed by atoms with Crippen molar-refractivity contribution in [3.8, 4) is 0 Å². The Morgan fingerprint density at radius 2 is 2.18 bits per heavy atom. The van der Waals surface area contributed by atoms with Crippen molar-refractivity contribution in [2.45, 2.75) is 38.8 Å². The van der Waals surface area contributed by atoms with Crippen molar-refractivity contribution in [3.05, 3.63) is 35.4 Å². The molecule has 0 aliphatic carbocycles. The molecule has 3 nitrogen and oxygen atoms in total. The Hall–Kier alpha value is -0.900. The zero-order valence-corrected chi connectivity index (χ0v) is 10.7. The van der Waals surface area contributed by atoms with Gasteiger partial charge in [0.25, 0.3) is 0 Å². The van der Waals surface area contributed by atoms with Gasteiger partial charge >= 0.3 is 0 Å². The molecule has 1 aliphatic heterocycles. The third-order valence-corrected chi connectivity index (χ3v) is 3.47. The molecule has 1 aromatic carbocycles. The normalized spacial score (nSPS) is 20.4. The molecule has 0 radical (unpaired) electrons. The maximum atomic E-state index is 6.28. The number of nitrogens with two attached hydrogens (primary N) is 1. The van der Waals surface area contributed by atoms with Crippen LogP contribution in [0.5, 0.6) is 0 Å². The second-order valence-corrected chi connectivity index (χ2v) is 4.70. The van der Waals surface area contributed by atoms with E-state index in [1.807, 2.05) is 0 Å². The van der Waals surface area contributed by atoms with Crippen LogP contribution in [0.2, 0.25) is 0 Å². The standard InChI is InChI=1S/C14H22N2O/c1-3-13(15)14(16-9-6-10-17-16)12-8-5-4-7-11(12)2/h4-5,7-8,13-14H,3,6,9-10,15H2,1-2H3. The van der Waals surface area contributed by atoms with E-state index in [1.54, 1.807) is 0 Å². The number of nitrogens with zero attached hydrogens (tertiary/aromatic N) is 1. The molecule has 17 heavy (non-hydrogen) atoms. The summed E-state index contributed by atoms with van der Waals surface area (Å²) in [7, 11) is 0. The summed E-state index contributed by atoms with van der Waals surface area (Å²) < 4.78 is 0. The van der Waals surface area contributed by atoms with Gasteiger partial charge in [-0.15, -0.1) is 0 Å². The fraction of sp³-hybridized carbons (Fsp3) is 0.571. The minimum absolute atomic E-state index is 0.120. The lowest BCUT2D eigenvalue weighted by Crippen LogP contribution is -2.39. The van der Waals surface area contributed by atoms with Gasteiger partial charge in [0.15, 0.2) is 0 Å². The first-order valence-electron chi connectivity index (χ1n) is 6.44. The highest BCUT2D eigenvalue weighted by atomic mass is 16.7. The highest BCUT2D eigenvalue weighted by Crippen LogP contribution is 2.29. The van der Waals surface area contributed by atoms with Crippen molar-refractivity contribution in [1.82, 2.24) is 5.06 Å². The predicted octanol–water partition coefficient (Wildman–Crippen LogP) is 2.41. The Kier molecular flexibility index (Phi) is 4.15. The molecule has 0 aromatic heterocycles. The van der Waals surface area contributed by atoms with Gasteiger partial charge in [-0.25, -0.2) is 0 Å². The third kappa shape index (κ3) is 2.68. The van der Waals surface area contributed by atoms with Crippen molar-refractivity contribution >= 4 is 0 Å². The van der Waals surface area contributed by atoms with Crippen LogP contribution < -0.4 is 5.73 Å². The molecule has 1 aromatic rings. The van der Waals surface area contributed by atoms with Crippen molar-refractivity contribution in [1.29, 1.82) is 0 Å². The molecule has 2 N–H and O–H groups in total. The van der Waals surface area contributed by atoms with Crippen molar-refractivity contribution < 1.29 is 4.84 Å². The van der Waals surface area contributed by atoms with Crippen LogP contribution in [0.4, 0.5) is 0 Å². The van der Waals surface area contributed by atoms with Gasteiger partial charge in [0.05, 0.1) is 12.6 Å². The molecule has 1 heterocycles. The quantitative estimate of drug-likeness (QED) is 0.869. The summed E-state index contributed by atoms with van der Waals surface area (Å²) in [5.41, 5.74) is 8.86. The molecular formula is C14H22N2O. The second-order valence-electron chi connectivity index (χ2n) is 4.70. The van der Waals surface area contributed by atoms with E-state index >= 15 is 0 Å². The molecular weight excluding hydrogens is 212 g/mol. The highest BCUT2D eigenvalue weighted by molar-refractivity contribution is 5.29. The molecule has 1 aliphatic rings. The monoisotopic (exact) mass is 234 g/mol. The van der Waals surface area contributed by atoms with E-state index in [4.69, 9.17) is 10.6 Å². The Morgan fingerprint density at radius 1 is 1.41 bits per heavy atom. The van der Waals surface area contributed by atoms with E-state index in [1.165, 1.54) is 11.1 Å². The van der Waals surface area contributed by atoms with E-state index in [2.05, 4.69) is 43.2 Å². The first kappa shape index (κ1) is 12.6. The molecule has 1 saturated heterocycles. The van der Waals surface area contributed by atoms with Gasteiger partial charge in [-0.2, -0.15) is 5.06 Å². The lowest BCUT2D eigenvalue weighted by molar-refractivity contribution is -0.148. The van der Waals surface area contributed by atoms with Crippen LogP contribution in [0.1, 0.15) is 36.9 Å².